The molecule has 49 heavy (non-hydrogen) atoms. The zero-order valence-electron chi connectivity index (χ0n) is 29.6. The molecule has 4 fully saturated rings. The summed E-state index contributed by atoms with van der Waals surface area (Å²) in [6, 6.07) is -2.26. The number of nitrogens with one attached hydrogen (secondary N) is 4. The molecular formula is C37H55N5O7. The summed E-state index contributed by atoms with van der Waals surface area (Å²) in [6.07, 6.45) is 13.9. The molecule has 0 spiro atoms. The van der Waals surface area contributed by atoms with E-state index in [4.69, 9.17) is 4.42 Å². The van der Waals surface area contributed by atoms with Crippen molar-refractivity contribution in [2.45, 2.75) is 154 Å². The standard InChI is InChI=1S/C37H55N5O7/c1-5-11-26(30(43)35(47)38-25-16-17-25)39-33(45)28-20-23-14-9-10-15-27(23)42(28)36(48)31(37(2,3)4)41-34(46)29(22-12-7-6-8-13-22)40-32(44)24-18-19-49-21-24/h18-19,21-23,25-29,31H,5-17,20H2,1-4H3,(H,38,47)(H,39,45)(H,40,44)(H,41,46)/t23?,26-,27?,28-,29?,31+/m0/s1. The number of fused-ring (bicyclic) bond motifs is 1. The first-order chi connectivity index (χ1) is 23.4. The number of ketones is 1. The Morgan fingerprint density at radius 3 is 2.22 bits per heavy atom. The molecule has 1 aliphatic heterocycles. The Labute approximate surface area is 289 Å². The number of hydrogen-bond acceptors (Lipinski definition) is 7. The van der Waals surface area contributed by atoms with Crippen LogP contribution in [0.2, 0.25) is 0 Å². The molecule has 4 aliphatic rings. The lowest BCUT2D eigenvalue weighted by molar-refractivity contribution is -0.147. The molecule has 5 rings (SSSR count). The minimum absolute atomic E-state index is 0.0155. The van der Waals surface area contributed by atoms with Crippen LogP contribution >= 0.6 is 0 Å². The number of furan rings is 1. The highest BCUT2D eigenvalue weighted by molar-refractivity contribution is 6.38. The van der Waals surface area contributed by atoms with E-state index in [1.54, 1.807) is 11.0 Å². The van der Waals surface area contributed by atoms with Crippen LogP contribution in [-0.2, 0) is 24.0 Å². The topological polar surface area (TPSA) is 167 Å². The van der Waals surface area contributed by atoms with Gasteiger partial charge in [-0.3, -0.25) is 28.8 Å². The van der Waals surface area contributed by atoms with Gasteiger partial charge < -0.3 is 30.6 Å². The van der Waals surface area contributed by atoms with Gasteiger partial charge in [0.05, 0.1) is 17.9 Å². The van der Waals surface area contributed by atoms with Gasteiger partial charge in [0.15, 0.2) is 0 Å². The average molecular weight is 682 g/mol. The Morgan fingerprint density at radius 1 is 0.898 bits per heavy atom. The number of carbonyl (C=O) groups is 6. The Kier molecular flexibility index (Phi) is 11.9. The number of Topliss-reactive ketones (excluding diaryl/α,β-unsaturated/α-hetero) is 1. The van der Waals surface area contributed by atoms with Crippen molar-refractivity contribution in [1.29, 1.82) is 0 Å². The predicted molar refractivity (Wildman–Crippen MR) is 182 cm³/mol. The van der Waals surface area contributed by atoms with E-state index in [0.717, 1.165) is 70.6 Å². The molecule has 1 aromatic rings. The average Bonchev–Trinajstić information content (AvgIpc) is 3.55. The zero-order valence-corrected chi connectivity index (χ0v) is 29.6. The fourth-order valence-corrected chi connectivity index (χ4v) is 7.99. The van der Waals surface area contributed by atoms with Gasteiger partial charge in [-0.1, -0.05) is 66.2 Å². The van der Waals surface area contributed by atoms with Crippen molar-refractivity contribution in [3.8, 4) is 0 Å². The maximum atomic E-state index is 14.8. The summed E-state index contributed by atoms with van der Waals surface area (Å²) in [5.74, 6) is -2.94. The van der Waals surface area contributed by atoms with Crippen molar-refractivity contribution in [2.75, 3.05) is 0 Å². The highest BCUT2D eigenvalue weighted by Crippen LogP contribution is 2.41. The number of amides is 5. The van der Waals surface area contributed by atoms with Gasteiger partial charge in [0, 0.05) is 12.1 Å². The quantitative estimate of drug-likeness (QED) is 0.230. The van der Waals surface area contributed by atoms with Crippen LogP contribution in [0.25, 0.3) is 0 Å². The van der Waals surface area contributed by atoms with Crippen molar-refractivity contribution in [2.24, 2.45) is 17.3 Å². The highest BCUT2D eigenvalue weighted by atomic mass is 16.3. The lowest BCUT2D eigenvalue weighted by atomic mass is 9.81. The van der Waals surface area contributed by atoms with E-state index >= 15 is 0 Å². The van der Waals surface area contributed by atoms with Gasteiger partial charge in [0.1, 0.15) is 24.4 Å². The van der Waals surface area contributed by atoms with Crippen LogP contribution in [0.15, 0.2) is 23.0 Å². The van der Waals surface area contributed by atoms with Crippen LogP contribution in [0.1, 0.15) is 128 Å². The van der Waals surface area contributed by atoms with Crippen molar-refractivity contribution < 1.29 is 33.2 Å². The summed E-state index contributed by atoms with van der Waals surface area (Å²) in [6.45, 7) is 7.54. The van der Waals surface area contributed by atoms with Crippen LogP contribution in [0.5, 0.6) is 0 Å². The predicted octanol–water partition coefficient (Wildman–Crippen LogP) is 3.78. The molecular weight excluding hydrogens is 626 g/mol. The molecule has 12 nitrogen and oxygen atoms in total. The summed E-state index contributed by atoms with van der Waals surface area (Å²) in [7, 11) is 0. The van der Waals surface area contributed by atoms with E-state index in [1.807, 2.05) is 27.7 Å². The van der Waals surface area contributed by atoms with E-state index in [0.29, 0.717) is 24.8 Å². The maximum absolute atomic E-state index is 14.8. The van der Waals surface area contributed by atoms with E-state index in [2.05, 4.69) is 21.3 Å². The first-order valence-corrected chi connectivity index (χ1v) is 18.5. The second-order valence-electron chi connectivity index (χ2n) is 15.7. The molecule has 12 heteroatoms. The van der Waals surface area contributed by atoms with Crippen LogP contribution < -0.4 is 21.3 Å². The zero-order chi connectivity index (χ0) is 35.3. The Bertz CT molecular complexity index is 1360. The van der Waals surface area contributed by atoms with Gasteiger partial charge in [-0.25, -0.2) is 0 Å². The molecule has 3 saturated carbocycles. The van der Waals surface area contributed by atoms with Gasteiger partial charge in [-0.05, 0) is 74.7 Å². The van der Waals surface area contributed by atoms with Gasteiger partial charge in [0.2, 0.25) is 23.5 Å². The molecule has 5 amide bonds. The SMILES string of the molecule is CCC[C@H](NC(=O)[C@@H]1CC2CCCCC2N1C(=O)[C@@H](NC(=O)C(NC(=O)c1ccoc1)C1CCCCC1)C(C)(C)C)C(=O)C(=O)NC1CC1. The molecule has 0 radical (unpaired) electrons. The molecule has 0 aromatic carbocycles. The minimum Gasteiger partial charge on any atom is -0.472 e. The van der Waals surface area contributed by atoms with Gasteiger partial charge in [-0.15, -0.1) is 0 Å². The third kappa shape index (κ3) is 8.91. The van der Waals surface area contributed by atoms with E-state index in [9.17, 15) is 28.8 Å². The van der Waals surface area contributed by atoms with Crippen LogP contribution in [0.4, 0.5) is 0 Å². The van der Waals surface area contributed by atoms with E-state index in [-0.39, 0.29) is 29.8 Å². The molecule has 4 N–H and O–H groups in total. The molecule has 270 valence electrons. The second kappa shape index (κ2) is 15.9. The van der Waals surface area contributed by atoms with Crippen molar-refractivity contribution in [3.05, 3.63) is 24.2 Å². The molecule has 6 atom stereocenters. The molecule has 1 saturated heterocycles. The fraction of sp³-hybridized carbons (Fsp3) is 0.730. The molecule has 1 aromatic heterocycles. The monoisotopic (exact) mass is 681 g/mol. The van der Waals surface area contributed by atoms with E-state index in [1.165, 1.54) is 12.5 Å². The fourth-order valence-electron chi connectivity index (χ4n) is 7.99. The maximum Gasteiger partial charge on any atom is 0.289 e. The van der Waals surface area contributed by atoms with Crippen molar-refractivity contribution >= 4 is 35.3 Å². The van der Waals surface area contributed by atoms with Crippen molar-refractivity contribution in [3.63, 3.8) is 0 Å². The Morgan fingerprint density at radius 2 is 1.59 bits per heavy atom. The van der Waals surface area contributed by atoms with Crippen LogP contribution in [-0.4, -0.2) is 76.5 Å². The summed E-state index contributed by atoms with van der Waals surface area (Å²) < 4.78 is 5.09. The van der Waals surface area contributed by atoms with E-state index < -0.39 is 59.0 Å². The number of hydrogen-bond donors (Lipinski definition) is 4. The Hall–Kier alpha value is -3.70. The lowest BCUT2D eigenvalue weighted by Gasteiger charge is -2.40. The molecule has 2 heterocycles. The van der Waals surface area contributed by atoms with Gasteiger partial charge >= 0.3 is 0 Å². The summed E-state index contributed by atoms with van der Waals surface area (Å²) in [5, 5.41) is 11.6. The molecule has 3 unspecified atom stereocenters. The number of nitrogens with zero attached hydrogens (tertiary/aromatic N) is 1. The third-order valence-electron chi connectivity index (χ3n) is 10.9. The summed E-state index contributed by atoms with van der Waals surface area (Å²) >= 11 is 0. The Balaban J connectivity index is 1.37. The lowest BCUT2D eigenvalue weighted by Crippen LogP contribution is -2.63. The van der Waals surface area contributed by atoms with Crippen LogP contribution in [0, 0.1) is 17.3 Å². The highest BCUT2D eigenvalue weighted by Gasteiger charge is 2.51. The van der Waals surface area contributed by atoms with Crippen molar-refractivity contribution in [1.82, 2.24) is 26.2 Å². The van der Waals surface area contributed by atoms with Gasteiger partial charge in [0.25, 0.3) is 11.8 Å². The summed E-state index contributed by atoms with van der Waals surface area (Å²) in [5.41, 5.74) is -0.412. The van der Waals surface area contributed by atoms with Crippen LogP contribution in [0.3, 0.4) is 0 Å². The number of rotatable bonds is 13. The number of likely N-dealkylation sites (tertiary alicyclic amines) is 1. The van der Waals surface area contributed by atoms with Gasteiger partial charge in [-0.2, -0.15) is 0 Å². The normalized spacial score (nSPS) is 24.6. The number of carbonyl (C=O) groups excluding carboxylic acids is 6. The minimum atomic E-state index is -0.982. The molecule has 3 aliphatic carbocycles. The largest absolute Gasteiger partial charge is 0.472 e. The molecule has 0 bridgehead atoms. The first kappa shape index (κ1) is 36.6. The smallest absolute Gasteiger partial charge is 0.289 e. The second-order valence-corrected chi connectivity index (χ2v) is 15.7. The third-order valence-corrected chi connectivity index (χ3v) is 10.9. The summed E-state index contributed by atoms with van der Waals surface area (Å²) in [4.78, 5) is 83.6. The first-order valence-electron chi connectivity index (χ1n) is 18.5.